The van der Waals surface area contributed by atoms with Crippen LogP contribution in [0.5, 0.6) is 0 Å². The smallest absolute Gasteiger partial charge is 0.270 e. The van der Waals surface area contributed by atoms with Crippen LogP contribution in [-0.4, -0.2) is 46.9 Å². The molecule has 3 aromatic rings. The number of aromatic nitrogens is 1. The highest BCUT2D eigenvalue weighted by Gasteiger charge is 2.27. The first-order valence-corrected chi connectivity index (χ1v) is 12.2. The van der Waals surface area contributed by atoms with Crippen molar-refractivity contribution in [3.8, 4) is 0 Å². The Labute approximate surface area is 201 Å². The van der Waals surface area contributed by atoms with Crippen molar-refractivity contribution in [3.63, 3.8) is 0 Å². The Morgan fingerprint density at radius 2 is 1.68 bits per heavy atom. The molecule has 0 radical (unpaired) electrons. The second-order valence-electron chi connectivity index (χ2n) is 9.59. The summed E-state index contributed by atoms with van der Waals surface area (Å²) in [5, 5.41) is 7.11. The summed E-state index contributed by atoms with van der Waals surface area (Å²) in [5.74, 6) is -0.151. The number of para-hydroxylation sites is 1. The molecular formula is C28H34N4O2. The Kier molecular flexibility index (Phi) is 7.91. The summed E-state index contributed by atoms with van der Waals surface area (Å²) in [4.78, 5) is 33.0. The molecule has 1 atom stereocenters. The van der Waals surface area contributed by atoms with Crippen LogP contribution < -0.4 is 10.6 Å². The topological polar surface area (TPSA) is 74.3 Å². The molecule has 34 heavy (non-hydrogen) atoms. The molecule has 1 fully saturated rings. The molecule has 2 N–H and O–H groups in total. The highest BCUT2D eigenvalue weighted by molar-refractivity contribution is 5.97. The molecular weight excluding hydrogens is 424 g/mol. The van der Waals surface area contributed by atoms with Gasteiger partial charge in [-0.25, -0.2) is 4.98 Å². The fourth-order valence-electron chi connectivity index (χ4n) is 4.51. The van der Waals surface area contributed by atoms with E-state index in [0.29, 0.717) is 12.1 Å². The zero-order chi connectivity index (χ0) is 23.9. The molecule has 2 amide bonds. The van der Waals surface area contributed by atoms with Gasteiger partial charge in [0.25, 0.3) is 5.91 Å². The Morgan fingerprint density at radius 1 is 0.971 bits per heavy atom. The molecule has 0 unspecified atom stereocenters. The third-order valence-corrected chi connectivity index (χ3v) is 6.34. The lowest BCUT2D eigenvalue weighted by Gasteiger charge is -2.33. The van der Waals surface area contributed by atoms with Crippen LogP contribution in [0.1, 0.15) is 49.2 Å². The van der Waals surface area contributed by atoms with Crippen LogP contribution in [0.25, 0.3) is 10.9 Å². The zero-order valence-corrected chi connectivity index (χ0v) is 20.0. The van der Waals surface area contributed by atoms with E-state index in [1.54, 1.807) is 6.07 Å². The quantitative estimate of drug-likeness (QED) is 0.532. The lowest BCUT2D eigenvalue weighted by molar-refractivity contribution is -0.124. The predicted octanol–water partition coefficient (Wildman–Crippen LogP) is 4.16. The highest BCUT2D eigenvalue weighted by atomic mass is 16.2. The number of hydrogen-bond donors (Lipinski definition) is 2. The number of amides is 2. The minimum atomic E-state index is -0.580. The van der Waals surface area contributed by atoms with Crippen molar-refractivity contribution in [2.24, 2.45) is 5.92 Å². The summed E-state index contributed by atoms with van der Waals surface area (Å²) in [6, 6.07) is 21.3. The van der Waals surface area contributed by atoms with Crippen LogP contribution in [0.2, 0.25) is 0 Å². The van der Waals surface area contributed by atoms with Crippen LogP contribution in [0.3, 0.4) is 0 Å². The molecule has 2 heterocycles. The lowest BCUT2D eigenvalue weighted by atomic mass is 10.00. The number of carbonyl (C=O) groups excluding carboxylic acids is 2. The van der Waals surface area contributed by atoms with E-state index in [0.717, 1.165) is 43.4 Å². The van der Waals surface area contributed by atoms with E-state index in [4.69, 9.17) is 0 Å². The monoisotopic (exact) mass is 458 g/mol. The molecule has 1 aromatic heterocycles. The first-order valence-electron chi connectivity index (χ1n) is 12.2. The van der Waals surface area contributed by atoms with Crippen molar-refractivity contribution in [1.29, 1.82) is 0 Å². The molecule has 1 aliphatic rings. The second-order valence-corrected chi connectivity index (χ2v) is 9.59. The normalized spacial score (nSPS) is 15.9. The number of hydrogen-bond acceptors (Lipinski definition) is 4. The fourth-order valence-corrected chi connectivity index (χ4v) is 4.51. The Balaban J connectivity index is 1.33. The fraction of sp³-hybridized carbons (Fsp3) is 0.393. The molecule has 0 spiro atoms. The van der Waals surface area contributed by atoms with Crippen LogP contribution in [0, 0.1) is 5.92 Å². The van der Waals surface area contributed by atoms with Crippen LogP contribution in [0.4, 0.5) is 0 Å². The molecule has 1 aliphatic heterocycles. The Bertz CT molecular complexity index is 1110. The zero-order valence-electron chi connectivity index (χ0n) is 20.0. The van der Waals surface area contributed by atoms with Crippen molar-refractivity contribution in [2.75, 3.05) is 13.1 Å². The van der Waals surface area contributed by atoms with Crippen molar-refractivity contribution in [3.05, 3.63) is 78.0 Å². The first-order chi connectivity index (χ1) is 16.5. The van der Waals surface area contributed by atoms with Gasteiger partial charge in [0, 0.05) is 31.1 Å². The number of piperidine rings is 1. The van der Waals surface area contributed by atoms with E-state index in [9.17, 15) is 9.59 Å². The van der Waals surface area contributed by atoms with Gasteiger partial charge in [0.05, 0.1) is 5.52 Å². The molecule has 2 aromatic carbocycles. The molecule has 178 valence electrons. The number of pyridine rings is 1. The van der Waals surface area contributed by atoms with Gasteiger partial charge in [-0.05, 0) is 42.9 Å². The minimum Gasteiger partial charge on any atom is -0.351 e. The van der Waals surface area contributed by atoms with Gasteiger partial charge in [-0.3, -0.25) is 14.5 Å². The molecule has 0 aliphatic carbocycles. The van der Waals surface area contributed by atoms with Gasteiger partial charge < -0.3 is 10.6 Å². The summed E-state index contributed by atoms with van der Waals surface area (Å²) in [7, 11) is 0. The number of nitrogens with zero attached hydrogens (tertiary/aromatic N) is 2. The van der Waals surface area contributed by atoms with E-state index < -0.39 is 6.04 Å². The second kappa shape index (κ2) is 11.3. The van der Waals surface area contributed by atoms with Gasteiger partial charge in [0.1, 0.15) is 11.7 Å². The standard InChI is InChI=1S/C28H34N4O2/c1-20(2)18-26(31-27(33)25-13-12-22-10-6-7-11-24(22)30-25)28(34)29-23-14-16-32(17-15-23)19-21-8-4-3-5-9-21/h3-13,20,23,26H,14-19H2,1-2H3,(H,29,34)(H,31,33)/t26-/m0/s1. The maximum Gasteiger partial charge on any atom is 0.270 e. The molecule has 0 bridgehead atoms. The maximum absolute atomic E-state index is 13.1. The van der Waals surface area contributed by atoms with Crippen molar-refractivity contribution in [1.82, 2.24) is 20.5 Å². The first kappa shape index (κ1) is 23.9. The van der Waals surface area contributed by atoms with Crippen molar-refractivity contribution >= 4 is 22.7 Å². The summed E-state index contributed by atoms with van der Waals surface area (Å²) >= 11 is 0. The van der Waals surface area contributed by atoms with E-state index in [1.165, 1.54) is 5.56 Å². The average Bonchev–Trinajstić information content (AvgIpc) is 2.85. The lowest BCUT2D eigenvalue weighted by Crippen LogP contribution is -2.52. The van der Waals surface area contributed by atoms with Gasteiger partial charge >= 0.3 is 0 Å². The van der Waals surface area contributed by atoms with Gasteiger partial charge in [-0.1, -0.05) is 68.4 Å². The number of benzene rings is 2. The van der Waals surface area contributed by atoms with Crippen molar-refractivity contribution < 1.29 is 9.59 Å². The number of likely N-dealkylation sites (tertiary alicyclic amines) is 1. The summed E-state index contributed by atoms with van der Waals surface area (Å²) in [6.07, 6.45) is 2.40. The number of rotatable bonds is 8. The molecule has 6 nitrogen and oxygen atoms in total. The van der Waals surface area contributed by atoms with Crippen LogP contribution in [0.15, 0.2) is 66.7 Å². The van der Waals surface area contributed by atoms with E-state index >= 15 is 0 Å². The third kappa shape index (κ3) is 6.41. The van der Waals surface area contributed by atoms with Gasteiger partial charge in [-0.2, -0.15) is 0 Å². The SMILES string of the molecule is CC(C)C[C@H](NC(=O)c1ccc2ccccc2n1)C(=O)NC1CCN(Cc2ccccc2)CC1. The average molecular weight is 459 g/mol. The largest absolute Gasteiger partial charge is 0.351 e. The van der Waals surface area contributed by atoms with E-state index in [1.807, 2.05) is 36.4 Å². The van der Waals surface area contributed by atoms with Gasteiger partial charge in [0.15, 0.2) is 0 Å². The van der Waals surface area contributed by atoms with E-state index in [-0.39, 0.29) is 23.8 Å². The Hall–Kier alpha value is -3.25. The predicted molar refractivity (Wildman–Crippen MR) is 135 cm³/mol. The Morgan fingerprint density at radius 3 is 2.41 bits per heavy atom. The van der Waals surface area contributed by atoms with E-state index in [2.05, 4.69) is 58.6 Å². The minimum absolute atomic E-state index is 0.107. The molecule has 1 saturated heterocycles. The molecule has 0 saturated carbocycles. The number of fused-ring (bicyclic) bond motifs is 1. The van der Waals surface area contributed by atoms with Gasteiger partial charge in [-0.15, -0.1) is 0 Å². The van der Waals surface area contributed by atoms with Crippen LogP contribution in [-0.2, 0) is 11.3 Å². The molecule has 4 rings (SSSR count). The number of nitrogens with one attached hydrogen (secondary N) is 2. The van der Waals surface area contributed by atoms with Crippen LogP contribution >= 0.6 is 0 Å². The van der Waals surface area contributed by atoms with Crippen molar-refractivity contribution in [2.45, 2.75) is 51.7 Å². The maximum atomic E-state index is 13.1. The summed E-state index contributed by atoms with van der Waals surface area (Å²) < 4.78 is 0. The van der Waals surface area contributed by atoms with Gasteiger partial charge in [0.2, 0.25) is 5.91 Å². The highest BCUT2D eigenvalue weighted by Crippen LogP contribution is 2.16. The number of carbonyl (C=O) groups is 2. The summed E-state index contributed by atoms with van der Waals surface area (Å²) in [6.45, 7) is 6.95. The molecule has 6 heteroatoms. The third-order valence-electron chi connectivity index (χ3n) is 6.34. The summed E-state index contributed by atoms with van der Waals surface area (Å²) in [5.41, 5.74) is 2.41.